The maximum atomic E-state index is 11.8. The van der Waals surface area contributed by atoms with E-state index in [1.807, 2.05) is 42.5 Å². The van der Waals surface area contributed by atoms with Crippen molar-refractivity contribution in [3.8, 4) is 0 Å². The molecule has 0 heterocycles. The summed E-state index contributed by atoms with van der Waals surface area (Å²) in [6.45, 7) is 4.22. The fraction of sp³-hybridized carbons (Fsp3) is 0.160. The van der Waals surface area contributed by atoms with Crippen LogP contribution in [0.2, 0.25) is 0 Å². The summed E-state index contributed by atoms with van der Waals surface area (Å²) < 4.78 is 10.0. The summed E-state index contributed by atoms with van der Waals surface area (Å²) in [6, 6.07) is 23.6. The van der Waals surface area contributed by atoms with Gasteiger partial charge in [0.25, 0.3) is 0 Å². The van der Waals surface area contributed by atoms with Crippen molar-refractivity contribution in [2.75, 3.05) is 18.5 Å². The van der Waals surface area contributed by atoms with Gasteiger partial charge in [-0.15, -0.1) is 0 Å². The normalized spacial score (nSPS) is 11.0. The first kappa shape index (κ1) is 21.8. The van der Waals surface area contributed by atoms with Crippen molar-refractivity contribution in [1.82, 2.24) is 0 Å². The van der Waals surface area contributed by atoms with Crippen LogP contribution in [-0.4, -0.2) is 25.2 Å². The summed E-state index contributed by atoms with van der Waals surface area (Å²) >= 11 is 0. The molecule has 1 N–H and O–H groups in total. The summed E-state index contributed by atoms with van der Waals surface area (Å²) in [6.07, 6.45) is 0. The Hall–Kier alpha value is -3.93. The van der Waals surface area contributed by atoms with E-state index in [9.17, 15) is 9.59 Å². The van der Waals surface area contributed by atoms with Gasteiger partial charge in [-0.05, 0) is 74.5 Å². The van der Waals surface area contributed by atoms with Crippen LogP contribution in [0.5, 0.6) is 0 Å². The third kappa shape index (κ3) is 6.02. The van der Waals surface area contributed by atoms with Crippen LogP contribution in [0.3, 0.4) is 0 Å². The molecule has 31 heavy (non-hydrogen) atoms. The number of nitrogens with one attached hydrogen (secondary N) is 1. The van der Waals surface area contributed by atoms with E-state index in [1.54, 1.807) is 50.2 Å². The number of hydrogen-bond acceptors (Lipinski definition) is 6. The molecule has 0 atom stereocenters. The molecular formula is C25H24N2O4. The molecule has 3 aromatic rings. The van der Waals surface area contributed by atoms with Gasteiger partial charge in [-0.25, -0.2) is 14.6 Å². The molecule has 6 heteroatoms. The molecule has 0 saturated heterocycles. The van der Waals surface area contributed by atoms with E-state index < -0.39 is 0 Å². The molecule has 0 saturated carbocycles. The van der Waals surface area contributed by atoms with Crippen LogP contribution in [0.4, 0.5) is 17.1 Å². The quantitative estimate of drug-likeness (QED) is 0.548. The zero-order valence-corrected chi connectivity index (χ0v) is 17.5. The van der Waals surface area contributed by atoms with Gasteiger partial charge in [-0.2, -0.15) is 0 Å². The molecule has 3 aromatic carbocycles. The smallest absolute Gasteiger partial charge is 0.338 e. The molecule has 0 aliphatic rings. The highest BCUT2D eigenvalue weighted by Crippen LogP contribution is 2.17. The minimum atomic E-state index is -0.353. The fourth-order valence-electron chi connectivity index (χ4n) is 2.83. The number of esters is 2. The van der Waals surface area contributed by atoms with E-state index in [-0.39, 0.29) is 11.9 Å². The highest BCUT2D eigenvalue weighted by atomic mass is 16.5. The van der Waals surface area contributed by atoms with Gasteiger partial charge in [0.1, 0.15) is 0 Å². The highest BCUT2D eigenvalue weighted by Gasteiger charge is 2.07. The number of hydrogen-bond donors (Lipinski definition) is 1. The zero-order chi connectivity index (χ0) is 22.1. The molecule has 0 bridgehead atoms. The Bertz CT molecular complexity index is 1110. The maximum absolute atomic E-state index is 11.8. The lowest BCUT2D eigenvalue weighted by atomic mass is 10.2. The third-order valence-electron chi connectivity index (χ3n) is 4.32. The molecule has 3 rings (SSSR count). The van der Waals surface area contributed by atoms with Crippen molar-refractivity contribution >= 4 is 29.0 Å². The lowest BCUT2D eigenvalue weighted by Gasteiger charge is -2.07. The van der Waals surface area contributed by atoms with Gasteiger partial charge in [-0.3, -0.25) is 0 Å². The molecule has 0 fully saturated rings. The number of ether oxygens (including phenoxy) is 2. The average molecular weight is 416 g/mol. The first-order valence-electron chi connectivity index (χ1n) is 10.1. The summed E-state index contributed by atoms with van der Waals surface area (Å²) in [5, 5.41) is 4.06. The second kappa shape index (κ2) is 10.7. The van der Waals surface area contributed by atoms with Crippen LogP contribution in [0, 0.1) is 0 Å². The molecule has 0 radical (unpaired) electrons. The van der Waals surface area contributed by atoms with Gasteiger partial charge < -0.3 is 14.8 Å². The molecule has 158 valence electrons. The SMILES string of the molecule is CCOC(=O)c1ccc(N=c2cccccc2Nc2ccc(C(=O)OCC)cc2)cc1. The van der Waals surface area contributed by atoms with Crippen LogP contribution >= 0.6 is 0 Å². The number of anilines is 2. The first-order chi connectivity index (χ1) is 15.1. The van der Waals surface area contributed by atoms with E-state index in [0.717, 1.165) is 16.7 Å². The topological polar surface area (TPSA) is 77.0 Å². The van der Waals surface area contributed by atoms with Gasteiger partial charge >= 0.3 is 11.9 Å². The zero-order valence-electron chi connectivity index (χ0n) is 17.5. The van der Waals surface area contributed by atoms with Crippen LogP contribution in [0.1, 0.15) is 34.6 Å². The van der Waals surface area contributed by atoms with E-state index in [0.29, 0.717) is 30.0 Å². The van der Waals surface area contributed by atoms with Gasteiger partial charge in [0, 0.05) is 5.69 Å². The lowest BCUT2D eigenvalue weighted by molar-refractivity contribution is 0.0517. The molecular weight excluding hydrogens is 392 g/mol. The average Bonchev–Trinajstić information content (AvgIpc) is 3.00. The Morgan fingerprint density at radius 2 is 1.29 bits per heavy atom. The van der Waals surface area contributed by atoms with E-state index in [4.69, 9.17) is 14.5 Å². The summed E-state index contributed by atoms with van der Waals surface area (Å²) in [4.78, 5) is 28.4. The van der Waals surface area contributed by atoms with Crippen LogP contribution in [0.25, 0.3) is 0 Å². The number of carbonyl (C=O) groups is 2. The van der Waals surface area contributed by atoms with Crippen molar-refractivity contribution in [3.63, 3.8) is 0 Å². The van der Waals surface area contributed by atoms with Gasteiger partial charge in [-0.1, -0.05) is 18.2 Å². The van der Waals surface area contributed by atoms with Gasteiger partial charge in [0.05, 0.1) is 41.1 Å². The first-order valence-corrected chi connectivity index (χ1v) is 10.1. The highest BCUT2D eigenvalue weighted by molar-refractivity contribution is 5.90. The van der Waals surface area contributed by atoms with Crippen molar-refractivity contribution in [3.05, 3.63) is 95.3 Å². The second-order valence-corrected chi connectivity index (χ2v) is 6.51. The largest absolute Gasteiger partial charge is 0.462 e. The van der Waals surface area contributed by atoms with E-state index in [1.165, 1.54) is 0 Å². The van der Waals surface area contributed by atoms with Gasteiger partial charge in [0.2, 0.25) is 0 Å². The Morgan fingerprint density at radius 1 is 0.742 bits per heavy atom. The van der Waals surface area contributed by atoms with Gasteiger partial charge in [0.15, 0.2) is 0 Å². The number of nitrogens with zero attached hydrogens (tertiary/aromatic N) is 1. The Labute approximate surface area is 181 Å². The summed E-state index contributed by atoms with van der Waals surface area (Å²) in [5.74, 6) is -0.698. The predicted molar refractivity (Wildman–Crippen MR) is 120 cm³/mol. The minimum absolute atomic E-state index is 0.335. The molecule has 0 amide bonds. The van der Waals surface area contributed by atoms with Crippen molar-refractivity contribution in [2.24, 2.45) is 4.99 Å². The molecule has 0 aliphatic heterocycles. The second-order valence-electron chi connectivity index (χ2n) is 6.51. The van der Waals surface area contributed by atoms with Crippen LogP contribution in [0.15, 0.2) is 83.9 Å². The van der Waals surface area contributed by atoms with Crippen molar-refractivity contribution < 1.29 is 19.1 Å². The standard InChI is InChI=1S/C25H24N2O4/c1-3-30-24(28)18-10-14-20(15-11-18)26-22-8-6-5-7-9-23(22)27-21-16-12-19(13-17-21)25(29)31-4-2/h5-17H,3-4H2,1-2H3,(H,26,27). The fourth-order valence-corrected chi connectivity index (χ4v) is 2.83. The summed E-state index contributed by atoms with van der Waals surface area (Å²) in [5.41, 5.74) is 3.30. The maximum Gasteiger partial charge on any atom is 0.338 e. The number of carbonyl (C=O) groups excluding carboxylic acids is 2. The Balaban J connectivity index is 1.86. The molecule has 0 aliphatic carbocycles. The predicted octanol–water partition coefficient (Wildman–Crippen LogP) is 5.02. The molecule has 6 nitrogen and oxygen atoms in total. The third-order valence-corrected chi connectivity index (χ3v) is 4.32. The van der Waals surface area contributed by atoms with Crippen LogP contribution < -0.4 is 10.7 Å². The number of rotatable bonds is 7. The lowest BCUT2D eigenvalue weighted by Crippen LogP contribution is -2.07. The van der Waals surface area contributed by atoms with Crippen molar-refractivity contribution in [1.29, 1.82) is 0 Å². The van der Waals surface area contributed by atoms with E-state index >= 15 is 0 Å². The Morgan fingerprint density at radius 3 is 1.87 bits per heavy atom. The molecule has 0 aromatic heterocycles. The minimum Gasteiger partial charge on any atom is -0.462 e. The van der Waals surface area contributed by atoms with Crippen LogP contribution in [-0.2, 0) is 9.47 Å². The molecule has 0 unspecified atom stereocenters. The monoisotopic (exact) mass is 416 g/mol. The number of benzene rings is 2. The molecule has 0 spiro atoms. The Kier molecular flexibility index (Phi) is 7.54. The summed E-state index contributed by atoms with van der Waals surface area (Å²) in [7, 11) is 0. The van der Waals surface area contributed by atoms with E-state index in [2.05, 4.69) is 5.32 Å². The van der Waals surface area contributed by atoms with Crippen molar-refractivity contribution in [2.45, 2.75) is 13.8 Å².